The van der Waals surface area contributed by atoms with Crippen LogP contribution in [0.25, 0.3) is 0 Å². The molecule has 0 saturated carbocycles. The van der Waals surface area contributed by atoms with E-state index in [2.05, 4.69) is 0 Å². The fraction of sp³-hybridized carbons (Fsp3) is 0.333. The van der Waals surface area contributed by atoms with Crippen molar-refractivity contribution in [2.24, 2.45) is 0 Å². The van der Waals surface area contributed by atoms with Crippen LogP contribution in [0.4, 0.5) is 5.69 Å². The van der Waals surface area contributed by atoms with Gasteiger partial charge in [-0.25, -0.2) is 8.42 Å². The zero-order chi connectivity index (χ0) is 18.4. The second-order valence-corrected chi connectivity index (χ2v) is 7.80. The third-order valence-corrected chi connectivity index (χ3v) is 5.43. The van der Waals surface area contributed by atoms with E-state index in [-0.39, 0.29) is 11.4 Å². The van der Waals surface area contributed by atoms with Crippen LogP contribution in [0.15, 0.2) is 59.5 Å². The number of likely N-dealkylation sites (N-methyl/N-ethyl adjacent to an activating group) is 1. The van der Waals surface area contributed by atoms with Crippen LogP contribution in [0.1, 0.15) is 0 Å². The maximum absolute atomic E-state index is 13.2. The highest BCUT2D eigenvalue weighted by Crippen LogP contribution is 2.32. The summed E-state index contributed by atoms with van der Waals surface area (Å²) in [7, 11) is 1.29. The smallest absolute Gasteiger partial charge is 0.264 e. The fourth-order valence-electron chi connectivity index (χ4n) is 2.55. The highest BCUT2D eigenvalue weighted by atomic mass is 32.2. The summed E-state index contributed by atoms with van der Waals surface area (Å²) >= 11 is 0. The van der Waals surface area contributed by atoms with Crippen molar-refractivity contribution in [3.8, 4) is 5.75 Å². The molecule has 2 rings (SSSR count). The summed E-state index contributed by atoms with van der Waals surface area (Å²) in [5.41, 5.74) is 0.395. The summed E-state index contributed by atoms with van der Waals surface area (Å²) in [6.45, 7) is 0.270. The molecular weight excluding hydrogens is 340 g/mol. The first-order valence-electron chi connectivity index (χ1n) is 7.90. The normalized spacial score (nSPS) is 12.8. The minimum Gasteiger partial charge on any atom is -0.495 e. The van der Waals surface area contributed by atoms with Gasteiger partial charge in [-0.1, -0.05) is 30.3 Å². The molecule has 0 heterocycles. The molecule has 0 aliphatic rings. The molecule has 2 aromatic rings. The molecule has 136 valence electrons. The standard InChI is InChI=1S/C18H24N2O4S/c1-19(2)13-15(21)14-20(17-11-7-8-12-18(17)24-3)25(22,23)16-9-5-4-6-10-16/h4-12,15,21H,13-14H2,1-3H3. The Hall–Kier alpha value is -2.09. The number of hydrogen-bond donors (Lipinski definition) is 1. The van der Waals surface area contributed by atoms with Crippen LogP contribution in [0.2, 0.25) is 0 Å². The van der Waals surface area contributed by atoms with Crippen molar-refractivity contribution in [1.29, 1.82) is 0 Å². The number of methoxy groups -OCH3 is 1. The van der Waals surface area contributed by atoms with Gasteiger partial charge in [-0.15, -0.1) is 0 Å². The molecule has 0 aromatic heterocycles. The van der Waals surface area contributed by atoms with E-state index in [0.717, 1.165) is 0 Å². The first-order valence-corrected chi connectivity index (χ1v) is 9.34. The maximum atomic E-state index is 13.2. The second-order valence-electron chi connectivity index (χ2n) is 5.94. The number of anilines is 1. The van der Waals surface area contributed by atoms with Crippen LogP contribution in [-0.4, -0.2) is 58.8 Å². The van der Waals surface area contributed by atoms with Crippen LogP contribution in [0.5, 0.6) is 5.75 Å². The highest BCUT2D eigenvalue weighted by molar-refractivity contribution is 7.92. The molecule has 1 N–H and O–H groups in total. The van der Waals surface area contributed by atoms with Gasteiger partial charge in [-0.3, -0.25) is 4.31 Å². The molecular formula is C18H24N2O4S. The summed E-state index contributed by atoms with van der Waals surface area (Å²) < 4.78 is 32.9. The highest BCUT2D eigenvalue weighted by Gasteiger charge is 2.29. The van der Waals surface area contributed by atoms with E-state index in [1.165, 1.54) is 23.5 Å². The molecule has 1 unspecified atom stereocenters. The molecule has 0 saturated heterocycles. The number of ether oxygens (including phenoxy) is 1. The number of aliphatic hydroxyl groups excluding tert-OH is 1. The van der Waals surface area contributed by atoms with Gasteiger partial charge in [-0.05, 0) is 38.4 Å². The molecule has 0 bridgehead atoms. The summed E-state index contributed by atoms with van der Waals surface area (Å²) in [5, 5.41) is 10.3. The number of para-hydroxylation sites is 2. The minimum atomic E-state index is -3.84. The van der Waals surface area contributed by atoms with Crippen LogP contribution in [0.3, 0.4) is 0 Å². The molecule has 0 aliphatic heterocycles. The lowest BCUT2D eigenvalue weighted by molar-refractivity contribution is 0.145. The number of nitrogens with zero attached hydrogens (tertiary/aromatic N) is 2. The molecule has 0 radical (unpaired) electrons. The van der Waals surface area contributed by atoms with Gasteiger partial charge in [-0.2, -0.15) is 0 Å². The van der Waals surface area contributed by atoms with Gasteiger partial charge in [0.15, 0.2) is 0 Å². The SMILES string of the molecule is COc1ccccc1N(CC(O)CN(C)C)S(=O)(=O)c1ccccc1. The van der Waals surface area contributed by atoms with Crippen molar-refractivity contribution < 1.29 is 18.3 Å². The average molecular weight is 364 g/mol. The summed E-state index contributed by atoms with van der Waals surface area (Å²) in [6.07, 6.45) is -0.849. The predicted octanol–water partition coefficient (Wildman–Crippen LogP) is 1.81. The molecule has 0 spiro atoms. The van der Waals surface area contributed by atoms with Crippen molar-refractivity contribution in [3.63, 3.8) is 0 Å². The zero-order valence-corrected chi connectivity index (χ0v) is 15.5. The maximum Gasteiger partial charge on any atom is 0.264 e. The van der Waals surface area contributed by atoms with Crippen molar-refractivity contribution in [3.05, 3.63) is 54.6 Å². The van der Waals surface area contributed by atoms with Crippen molar-refractivity contribution in [1.82, 2.24) is 4.90 Å². The van der Waals surface area contributed by atoms with Crippen molar-refractivity contribution >= 4 is 15.7 Å². The fourth-order valence-corrected chi connectivity index (χ4v) is 4.09. The second kappa shape index (κ2) is 8.33. The molecule has 1 atom stereocenters. The van der Waals surface area contributed by atoms with Gasteiger partial charge in [0.05, 0.1) is 30.3 Å². The zero-order valence-electron chi connectivity index (χ0n) is 14.7. The van der Waals surface area contributed by atoms with Crippen molar-refractivity contribution in [2.45, 2.75) is 11.0 Å². The van der Waals surface area contributed by atoms with Gasteiger partial charge < -0.3 is 14.7 Å². The van der Waals surface area contributed by atoms with E-state index in [1.54, 1.807) is 47.4 Å². The summed E-state index contributed by atoms with van der Waals surface area (Å²) in [5.74, 6) is 0.430. The van der Waals surface area contributed by atoms with E-state index in [4.69, 9.17) is 4.74 Å². The van der Waals surface area contributed by atoms with Gasteiger partial charge in [0.1, 0.15) is 5.75 Å². The number of hydrogen-bond acceptors (Lipinski definition) is 5. The van der Waals surface area contributed by atoms with Crippen LogP contribution in [-0.2, 0) is 10.0 Å². The number of sulfonamides is 1. The lowest BCUT2D eigenvalue weighted by atomic mass is 10.2. The molecule has 7 heteroatoms. The number of aliphatic hydroxyl groups is 1. The Morgan fingerprint density at radius 1 is 1.00 bits per heavy atom. The molecule has 0 aliphatic carbocycles. The van der Waals surface area contributed by atoms with E-state index in [9.17, 15) is 13.5 Å². The Bertz CT molecular complexity index is 779. The number of rotatable bonds is 8. The van der Waals surface area contributed by atoms with Gasteiger partial charge in [0, 0.05) is 6.54 Å². The minimum absolute atomic E-state index is 0.0736. The van der Waals surface area contributed by atoms with Crippen molar-refractivity contribution in [2.75, 3.05) is 38.6 Å². The summed E-state index contributed by atoms with van der Waals surface area (Å²) in [4.78, 5) is 1.97. The van der Waals surface area contributed by atoms with Gasteiger partial charge >= 0.3 is 0 Å². The Labute approximate surface area is 149 Å². The van der Waals surface area contributed by atoms with Crippen LogP contribution >= 0.6 is 0 Å². The quantitative estimate of drug-likeness (QED) is 0.774. The first-order chi connectivity index (χ1) is 11.9. The summed E-state index contributed by atoms with van der Waals surface area (Å²) in [6, 6.07) is 15.0. The van der Waals surface area contributed by atoms with Gasteiger partial charge in [0.25, 0.3) is 10.0 Å². The predicted molar refractivity (Wildman–Crippen MR) is 98.5 cm³/mol. The molecule has 0 amide bonds. The molecule has 2 aromatic carbocycles. The Balaban J connectivity index is 2.49. The van der Waals surface area contributed by atoms with E-state index < -0.39 is 16.1 Å². The van der Waals surface area contributed by atoms with Crippen LogP contribution < -0.4 is 9.04 Å². The Morgan fingerprint density at radius 3 is 2.20 bits per heavy atom. The van der Waals surface area contributed by atoms with Crippen LogP contribution in [0, 0.1) is 0 Å². The molecule has 6 nitrogen and oxygen atoms in total. The average Bonchev–Trinajstić information content (AvgIpc) is 2.59. The molecule has 0 fully saturated rings. The third-order valence-electron chi connectivity index (χ3n) is 3.64. The number of benzene rings is 2. The first kappa shape index (κ1) is 19.2. The Morgan fingerprint density at radius 2 is 1.60 bits per heavy atom. The lowest BCUT2D eigenvalue weighted by Gasteiger charge is -2.29. The van der Waals surface area contributed by atoms with E-state index >= 15 is 0 Å². The topological polar surface area (TPSA) is 70.1 Å². The van der Waals surface area contributed by atoms with Gasteiger partial charge in [0.2, 0.25) is 0 Å². The third kappa shape index (κ3) is 4.72. The largest absolute Gasteiger partial charge is 0.495 e. The van der Waals surface area contributed by atoms with E-state index in [1.807, 2.05) is 14.1 Å². The monoisotopic (exact) mass is 364 g/mol. The molecule has 25 heavy (non-hydrogen) atoms. The van der Waals surface area contributed by atoms with E-state index in [0.29, 0.717) is 18.0 Å². The Kier molecular flexibility index (Phi) is 6.41. The lowest BCUT2D eigenvalue weighted by Crippen LogP contribution is -2.41.